The molecular weight excluding hydrogens is 433 g/mol. The van der Waals surface area contributed by atoms with Gasteiger partial charge in [-0.05, 0) is 41.8 Å². The first-order valence-electron chi connectivity index (χ1n) is 10.0. The Bertz CT molecular complexity index is 1380. The van der Waals surface area contributed by atoms with Crippen LogP contribution in [0.4, 0.5) is 0 Å². The fourth-order valence-electron chi connectivity index (χ4n) is 3.78. The van der Waals surface area contributed by atoms with E-state index in [0.717, 1.165) is 27.5 Å². The van der Waals surface area contributed by atoms with Gasteiger partial charge in [0.05, 0.1) is 16.8 Å². The molecule has 0 N–H and O–H groups in total. The van der Waals surface area contributed by atoms with Crippen LogP contribution in [0.15, 0.2) is 52.4 Å². The average molecular weight is 456 g/mol. The summed E-state index contributed by atoms with van der Waals surface area (Å²) >= 11 is 12.5. The number of pyridine rings is 1. The second kappa shape index (κ2) is 8.40. The highest BCUT2D eigenvalue weighted by Crippen LogP contribution is 2.33. The van der Waals surface area contributed by atoms with E-state index in [1.54, 1.807) is 36.0 Å². The average Bonchev–Trinajstić information content (AvgIpc) is 3.00. The molecule has 0 radical (unpaired) electrons. The molecule has 0 aliphatic heterocycles. The summed E-state index contributed by atoms with van der Waals surface area (Å²) in [6, 6.07) is 13.1. The lowest BCUT2D eigenvalue weighted by Gasteiger charge is -2.09. The van der Waals surface area contributed by atoms with Crippen LogP contribution in [0.25, 0.3) is 33.1 Å². The predicted molar refractivity (Wildman–Crippen MR) is 130 cm³/mol. The lowest BCUT2D eigenvalue weighted by Crippen LogP contribution is -2.20. The van der Waals surface area contributed by atoms with Crippen LogP contribution in [0, 0.1) is 5.92 Å². The van der Waals surface area contributed by atoms with Gasteiger partial charge in [0.15, 0.2) is 0 Å². The van der Waals surface area contributed by atoms with E-state index < -0.39 is 0 Å². The van der Waals surface area contributed by atoms with Crippen molar-refractivity contribution in [3.63, 3.8) is 0 Å². The van der Waals surface area contributed by atoms with E-state index >= 15 is 0 Å². The Morgan fingerprint density at radius 1 is 1.00 bits per heavy atom. The number of hydrogen-bond acceptors (Lipinski definition) is 3. The third-order valence-corrected chi connectivity index (χ3v) is 5.83. The monoisotopic (exact) mass is 455 g/mol. The molecule has 0 aliphatic rings. The van der Waals surface area contributed by atoms with E-state index in [1.165, 1.54) is 0 Å². The van der Waals surface area contributed by atoms with Gasteiger partial charge in [-0.3, -0.25) is 9.36 Å². The molecule has 0 saturated heterocycles. The van der Waals surface area contributed by atoms with Crippen LogP contribution in [0.1, 0.15) is 19.4 Å². The number of oxime groups is 1. The molecule has 4 aromatic rings. The number of aromatic nitrogens is 2. The topological polar surface area (TPSA) is 48.5 Å². The van der Waals surface area contributed by atoms with E-state index in [9.17, 15) is 4.79 Å². The molecule has 160 valence electrons. The highest BCUT2D eigenvalue weighted by Gasteiger charge is 2.17. The fraction of sp³-hybridized carbons (Fsp3) is 0.250. The normalized spacial score (nSPS) is 12.0. The number of aryl methyl sites for hydroxylation is 2. The number of hydrogen-bond donors (Lipinski definition) is 0. The van der Waals surface area contributed by atoms with E-state index in [1.807, 2.05) is 29.8 Å². The van der Waals surface area contributed by atoms with Crippen molar-refractivity contribution >= 4 is 51.4 Å². The Labute approximate surface area is 190 Å². The standard InChI is InChI=1S/C24H23Cl2N3O2/c1-14(2)13-31-27-12-15-5-8-22-18(9-15)19-11-20(17-7-6-16(25)10-21(17)26)24(30)29(4)23(19)28(22)3/h5-12,14H,13H2,1-4H3. The minimum absolute atomic E-state index is 0.119. The van der Waals surface area contributed by atoms with Gasteiger partial charge in [-0.25, -0.2) is 0 Å². The Kier molecular flexibility index (Phi) is 5.82. The molecule has 2 aromatic heterocycles. The molecular formula is C24H23Cl2N3O2. The fourth-order valence-corrected chi connectivity index (χ4v) is 4.29. The molecule has 5 nitrogen and oxygen atoms in total. The molecule has 4 rings (SSSR count). The summed E-state index contributed by atoms with van der Waals surface area (Å²) in [6.07, 6.45) is 1.71. The summed E-state index contributed by atoms with van der Waals surface area (Å²) in [5.41, 5.74) is 3.84. The van der Waals surface area contributed by atoms with Gasteiger partial charge in [-0.2, -0.15) is 0 Å². The maximum atomic E-state index is 13.2. The summed E-state index contributed by atoms with van der Waals surface area (Å²) in [5, 5.41) is 7.03. The second-order valence-corrected chi connectivity index (χ2v) is 8.89. The molecule has 0 unspecified atom stereocenters. The van der Waals surface area contributed by atoms with Crippen molar-refractivity contribution in [2.24, 2.45) is 25.2 Å². The van der Waals surface area contributed by atoms with Crippen molar-refractivity contribution in [3.05, 3.63) is 68.4 Å². The number of rotatable bonds is 5. The molecule has 0 aliphatic carbocycles. The van der Waals surface area contributed by atoms with Crippen molar-refractivity contribution < 1.29 is 4.84 Å². The first-order valence-corrected chi connectivity index (χ1v) is 10.8. The summed E-state index contributed by atoms with van der Waals surface area (Å²) in [6.45, 7) is 4.72. The van der Waals surface area contributed by atoms with Crippen molar-refractivity contribution in [2.75, 3.05) is 6.61 Å². The Balaban J connectivity index is 1.91. The molecule has 0 atom stereocenters. The van der Waals surface area contributed by atoms with Gasteiger partial charge in [0.1, 0.15) is 12.3 Å². The van der Waals surface area contributed by atoms with Crippen LogP contribution in [0.5, 0.6) is 0 Å². The second-order valence-electron chi connectivity index (χ2n) is 8.04. The highest BCUT2D eigenvalue weighted by atomic mass is 35.5. The Morgan fingerprint density at radius 2 is 1.77 bits per heavy atom. The maximum absolute atomic E-state index is 13.2. The predicted octanol–water partition coefficient (Wildman–Crippen LogP) is 6.01. The zero-order chi connectivity index (χ0) is 22.3. The summed E-state index contributed by atoms with van der Waals surface area (Å²) in [7, 11) is 3.73. The lowest BCUT2D eigenvalue weighted by atomic mass is 10.0. The van der Waals surface area contributed by atoms with E-state index in [0.29, 0.717) is 33.7 Å². The van der Waals surface area contributed by atoms with Gasteiger partial charge in [0, 0.05) is 41.0 Å². The molecule has 0 fully saturated rings. The van der Waals surface area contributed by atoms with Gasteiger partial charge >= 0.3 is 0 Å². The summed E-state index contributed by atoms with van der Waals surface area (Å²) in [5.74, 6) is 0.414. The largest absolute Gasteiger partial charge is 0.396 e. The zero-order valence-electron chi connectivity index (χ0n) is 17.8. The maximum Gasteiger partial charge on any atom is 0.259 e. The Morgan fingerprint density at radius 3 is 2.48 bits per heavy atom. The first kappa shape index (κ1) is 21.5. The van der Waals surface area contributed by atoms with Gasteiger partial charge in [0.2, 0.25) is 0 Å². The molecule has 2 aromatic carbocycles. The van der Waals surface area contributed by atoms with Crippen LogP contribution in [-0.2, 0) is 18.9 Å². The highest BCUT2D eigenvalue weighted by molar-refractivity contribution is 6.36. The van der Waals surface area contributed by atoms with Crippen molar-refractivity contribution in [1.82, 2.24) is 9.13 Å². The minimum atomic E-state index is -0.119. The first-order chi connectivity index (χ1) is 14.8. The molecule has 2 heterocycles. The molecule has 0 saturated carbocycles. The Hall–Kier alpha value is -2.76. The smallest absolute Gasteiger partial charge is 0.259 e. The van der Waals surface area contributed by atoms with E-state index in [4.69, 9.17) is 28.0 Å². The van der Waals surface area contributed by atoms with Crippen LogP contribution in [0.2, 0.25) is 10.0 Å². The van der Waals surface area contributed by atoms with Gasteiger partial charge in [-0.1, -0.05) is 54.3 Å². The van der Waals surface area contributed by atoms with Crippen molar-refractivity contribution in [3.8, 4) is 11.1 Å². The molecule has 0 bridgehead atoms. The van der Waals surface area contributed by atoms with E-state index in [-0.39, 0.29) is 5.56 Å². The number of nitrogens with zero attached hydrogens (tertiary/aromatic N) is 3. The molecule has 0 amide bonds. The number of benzene rings is 2. The van der Waals surface area contributed by atoms with Crippen LogP contribution < -0.4 is 5.56 Å². The van der Waals surface area contributed by atoms with Crippen LogP contribution >= 0.6 is 23.2 Å². The third-order valence-electron chi connectivity index (χ3n) is 5.28. The van der Waals surface area contributed by atoms with Crippen LogP contribution in [0.3, 0.4) is 0 Å². The van der Waals surface area contributed by atoms with Crippen LogP contribution in [-0.4, -0.2) is 22.0 Å². The van der Waals surface area contributed by atoms with E-state index in [2.05, 4.69) is 25.1 Å². The SMILES string of the molecule is CC(C)CON=Cc1ccc2c(c1)c1cc(-c3ccc(Cl)cc3Cl)c(=O)n(C)c1n2C. The minimum Gasteiger partial charge on any atom is -0.396 e. The summed E-state index contributed by atoms with van der Waals surface area (Å²) < 4.78 is 3.69. The van der Waals surface area contributed by atoms with Crippen molar-refractivity contribution in [1.29, 1.82) is 0 Å². The van der Waals surface area contributed by atoms with Crippen molar-refractivity contribution in [2.45, 2.75) is 13.8 Å². The molecule has 0 spiro atoms. The van der Waals surface area contributed by atoms with Gasteiger partial charge in [0.25, 0.3) is 5.56 Å². The lowest BCUT2D eigenvalue weighted by molar-refractivity contribution is 0.120. The third kappa shape index (κ3) is 3.95. The zero-order valence-corrected chi connectivity index (χ0v) is 19.3. The van der Waals surface area contributed by atoms with Gasteiger partial charge < -0.3 is 9.40 Å². The molecule has 7 heteroatoms. The molecule has 31 heavy (non-hydrogen) atoms. The van der Waals surface area contributed by atoms with Gasteiger partial charge in [-0.15, -0.1) is 0 Å². The number of fused-ring (bicyclic) bond motifs is 3. The summed E-state index contributed by atoms with van der Waals surface area (Å²) in [4.78, 5) is 18.5. The quantitative estimate of drug-likeness (QED) is 0.273. The number of halogens is 2.